The standard InChI is InChI=1S/C17H27N5O2/c1-22(19)13(10-23)15(18)17-20-9-14(16(21-17)11-7-8-11)24-12-5-3-2-4-6-12/h9,11-12,23H,2-8,10,18-19H2,1H3/b15-13-. The van der Waals surface area contributed by atoms with E-state index in [9.17, 15) is 5.11 Å². The molecule has 0 bridgehead atoms. The highest BCUT2D eigenvalue weighted by Gasteiger charge is 2.31. The van der Waals surface area contributed by atoms with E-state index in [1.807, 2.05) is 0 Å². The van der Waals surface area contributed by atoms with Crippen molar-refractivity contribution < 1.29 is 9.84 Å². The summed E-state index contributed by atoms with van der Waals surface area (Å²) in [6, 6.07) is 0. The number of hydrazine groups is 1. The van der Waals surface area contributed by atoms with Gasteiger partial charge in [0.2, 0.25) is 0 Å². The van der Waals surface area contributed by atoms with E-state index in [0.717, 1.165) is 37.1 Å². The highest BCUT2D eigenvalue weighted by Crippen LogP contribution is 2.43. The average molecular weight is 333 g/mol. The number of aromatic nitrogens is 2. The molecule has 0 unspecified atom stereocenters. The first-order chi connectivity index (χ1) is 11.6. The Labute approximate surface area is 142 Å². The average Bonchev–Trinajstić information content (AvgIpc) is 3.41. The molecule has 132 valence electrons. The van der Waals surface area contributed by atoms with Crippen LogP contribution in [-0.4, -0.2) is 39.8 Å². The second kappa shape index (κ2) is 7.36. The minimum Gasteiger partial charge on any atom is -0.487 e. The topological polar surface area (TPSA) is 111 Å². The van der Waals surface area contributed by atoms with Crippen LogP contribution < -0.4 is 16.3 Å². The summed E-state index contributed by atoms with van der Waals surface area (Å²) in [5, 5.41) is 10.7. The summed E-state index contributed by atoms with van der Waals surface area (Å²) in [4.78, 5) is 8.99. The van der Waals surface area contributed by atoms with Crippen molar-refractivity contribution in [3.63, 3.8) is 0 Å². The van der Waals surface area contributed by atoms with E-state index in [0.29, 0.717) is 23.1 Å². The van der Waals surface area contributed by atoms with E-state index in [4.69, 9.17) is 16.3 Å². The van der Waals surface area contributed by atoms with Crippen LogP contribution in [0.3, 0.4) is 0 Å². The van der Waals surface area contributed by atoms with Crippen LogP contribution in [0, 0.1) is 0 Å². The van der Waals surface area contributed by atoms with Crippen molar-refractivity contribution in [2.75, 3.05) is 13.7 Å². The molecule has 0 atom stereocenters. The lowest BCUT2D eigenvalue weighted by Gasteiger charge is -2.24. The molecule has 2 aliphatic rings. The Kier molecular flexibility index (Phi) is 5.20. The third kappa shape index (κ3) is 3.79. The fourth-order valence-electron chi connectivity index (χ4n) is 3.13. The zero-order valence-electron chi connectivity index (χ0n) is 14.2. The molecule has 2 fully saturated rings. The molecule has 2 saturated carbocycles. The van der Waals surface area contributed by atoms with Crippen LogP contribution in [0.25, 0.3) is 5.70 Å². The van der Waals surface area contributed by atoms with E-state index >= 15 is 0 Å². The van der Waals surface area contributed by atoms with Crippen molar-refractivity contribution in [2.24, 2.45) is 11.6 Å². The largest absolute Gasteiger partial charge is 0.487 e. The molecule has 3 rings (SSSR count). The molecular formula is C17H27N5O2. The number of nitrogens with two attached hydrogens (primary N) is 2. The second-order valence-corrected chi connectivity index (χ2v) is 6.72. The number of rotatable bonds is 6. The van der Waals surface area contributed by atoms with E-state index in [-0.39, 0.29) is 12.7 Å². The third-order valence-electron chi connectivity index (χ3n) is 4.72. The monoisotopic (exact) mass is 333 g/mol. The van der Waals surface area contributed by atoms with Crippen LogP contribution in [0.5, 0.6) is 5.75 Å². The minimum absolute atomic E-state index is 0.263. The molecule has 0 aliphatic heterocycles. The van der Waals surface area contributed by atoms with Crippen LogP contribution in [-0.2, 0) is 0 Å². The maximum absolute atomic E-state index is 9.45. The molecule has 0 amide bonds. The molecule has 0 aromatic carbocycles. The quantitative estimate of drug-likeness (QED) is 0.534. The van der Waals surface area contributed by atoms with Gasteiger partial charge in [-0.15, -0.1) is 0 Å². The Morgan fingerprint density at radius 1 is 1.29 bits per heavy atom. The number of likely N-dealkylation sites (N-methyl/N-ethyl adjacent to an activating group) is 1. The Morgan fingerprint density at radius 2 is 2.00 bits per heavy atom. The molecule has 5 N–H and O–H groups in total. The summed E-state index contributed by atoms with van der Waals surface area (Å²) in [6.45, 7) is -0.263. The summed E-state index contributed by atoms with van der Waals surface area (Å²) in [7, 11) is 1.63. The SMILES string of the molecule is CN(N)/C(CO)=C(\N)c1ncc(OC2CCCCC2)c(C2CC2)n1. The van der Waals surface area contributed by atoms with Gasteiger partial charge >= 0.3 is 0 Å². The van der Waals surface area contributed by atoms with Crippen molar-refractivity contribution in [3.8, 4) is 5.75 Å². The Balaban J connectivity index is 1.87. The smallest absolute Gasteiger partial charge is 0.177 e. The van der Waals surface area contributed by atoms with Gasteiger partial charge in [0.25, 0.3) is 0 Å². The van der Waals surface area contributed by atoms with E-state index in [2.05, 4.69) is 9.97 Å². The molecule has 0 spiro atoms. The van der Waals surface area contributed by atoms with Gasteiger partial charge in [-0.05, 0) is 38.5 Å². The number of hydrogen-bond acceptors (Lipinski definition) is 7. The van der Waals surface area contributed by atoms with Crippen molar-refractivity contribution in [2.45, 2.75) is 57.0 Å². The molecular weight excluding hydrogens is 306 g/mol. The normalized spacial score (nSPS) is 19.8. The lowest BCUT2D eigenvalue weighted by atomic mass is 9.98. The van der Waals surface area contributed by atoms with Gasteiger partial charge in [0.05, 0.1) is 30.3 Å². The number of aliphatic hydroxyl groups is 1. The van der Waals surface area contributed by atoms with Crippen molar-refractivity contribution in [3.05, 3.63) is 23.4 Å². The zero-order chi connectivity index (χ0) is 17.1. The van der Waals surface area contributed by atoms with Gasteiger partial charge in [-0.1, -0.05) is 6.42 Å². The first-order valence-corrected chi connectivity index (χ1v) is 8.72. The lowest BCUT2D eigenvalue weighted by molar-refractivity contribution is 0.152. The highest BCUT2D eigenvalue weighted by atomic mass is 16.5. The minimum atomic E-state index is -0.263. The van der Waals surface area contributed by atoms with E-state index in [1.54, 1.807) is 13.2 Å². The van der Waals surface area contributed by atoms with Gasteiger partial charge < -0.3 is 20.6 Å². The molecule has 1 heterocycles. The first-order valence-electron chi connectivity index (χ1n) is 8.72. The van der Waals surface area contributed by atoms with Gasteiger partial charge in [0.15, 0.2) is 11.6 Å². The number of ether oxygens (including phenoxy) is 1. The summed E-state index contributed by atoms with van der Waals surface area (Å²) < 4.78 is 6.19. The molecule has 1 aromatic rings. The second-order valence-electron chi connectivity index (χ2n) is 6.72. The molecule has 7 nitrogen and oxygen atoms in total. The van der Waals surface area contributed by atoms with Gasteiger partial charge in [0.1, 0.15) is 5.70 Å². The number of hydrogen-bond donors (Lipinski definition) is 3. The number of aliphatic hydroxyl groups excluding tert-OH is 1. The molecule has 2 aliphatic carbocycles. The van der Waals surface area contributed by atoms with Crippen molar-refractivity contribution >= 4 is 5.70 Å². The molecule has 1 aromatic heterocycles. The van der Waals surface area contributed by atoms with Crippen molar-refractivity contribution in [1.82, 2.24) is 15.0 Å². The fraction of sp³-hybridized carbons (Fsp3) is 0.647. The summed E-state index contributed by atoms with van der Waals surface area (Å²) in [5.41, 5.74) is 7.74. The summed E-state index contributed by atoms with van der Waals surface area (Å²) in [5.74, 6) is 7.31. The fourth-order valence-corrected chi connectivity index (χ4v) is 3.13. The number of nitrogens with zero attached hydrogens (tertiary/aromatic N) is 3. The molecule has 24 heavy (non-hydrogen) atoms. The molecule has 0 radical (unpaired) electrons. The van der Waals surface area contributed by atoms with Crippen LogP contribution in [0.2, 0.25) is 0 Å². The van der Waals surface area contributed by atoms with Crippen LogP contribution in [0.1, 0.15) is 62.4 Å². The maximum Gasteiger partial charge on any atom is 0.177 e. The maximum atomic E-state index is 9.45. The Bertz CT molecular complexity index is 607. The van der Waals surface area contributed by atoms with E-state index < -0.39 is 0 Å². The zero-order valence-corrected chi connectivity index (χ0v) is 14.2. The molecule has 0 saturated heterocycles. The molecule has 7 heteroatoms. The summed E-state index contributed by atoms with van der Waals surface area (Å²) in [6.07, 6.45) is 10.2. The van der Waals surface area contributed by atoms with Gasteiger partial charge in [-0.25, -0.2) is 15.8 Å². The lowest BCUT2D eigenvalue weighted by Crippen LogP contribution is -2.30. The van der Waals surface area contributed by atoms with Gasteiger partial charge in [-0.3, -0.25) is 0 Å². The third-order valence-corrected chi connectivity index (χ3v) is 4.72. The van der Waals surface area contributed by atoms with Crippen LogP contribution in [0.4, 0.5) is 0 Å². The predicted octanol–water partition coefficient (Wildman–Crippen LogP) is 1.49. The predicted molar refractivity (Wildman–Crippen MR) is 91.7 cm³/mol. The Hall–Kier alpha value is -1.86. The Morgan fingerprint density at radius 3 is 2.58 bits per heavy atom. The van der Waals surface area contributed by atoms with Gasteiger partial charge in [0, 0.05) is 13.0 Å². The summed E-state index contributed by atoms with van der Waals surface area (Å²) >= 11 is 0. The van der Waals surface area contributed by atoms with Crippen LogP contribution in [0.15, 0.2) is 11.9 Å². The van der Waals surface area contributed by atoms with Crippen molar-refractivity contribution in [1.29, 1.82) is 0 Å². The first kappa shape index (κ1) is 17.0. The highest BCUT2D eigenvalue weighted by molar-refractivity contribution is 5.60. The van der Waals surface area contributed by atoms with E-state index in [1.165, 1.54) is 24.3 Å². The van der Waals surface area contributed by atoms with Gasteiger partial charge in [-0.2, -0.15) is 0 Å². The van der Waals surface area contributed by atoms with Crippen LogP contribution >= 0.6 is 0 Å².